The number of aliphatic hydroxyl groups is 2. The van der Waals surface area contributed by atoms with E-state index in [1.54, 1.807) is 20.8 Å². The van der Waals surface area contributed by atoms with E-state index in [0.29, 0.717) is 6.42 Å². The van der Waals surface area contributed by atoms with E-state index in [1.165, 1.54) is 57.8 Å². The summed E-state index contributed by atoms with van der Waals surface area (Å²) in [5.41, 5.74) is -0.564. The summed E-state index contributed by atoms with van der Waals surface area (Å²) in [6.45, 7) is 7.62. The van der Waals surface area contributed by atoms with Crippen molar-refractivity contribution >= 4 is 6.09 Å². The second-order valence-electron chi connectivity index (χ2n) is 8.84. The highest BCUT2D eigenvalue weighted by Crippen LogP contribution is 2.23. The number of hydrogen-bond donors (Lipinski definition) is 4. The van der Waals surface area contributed by atoms with Crippen LogP contribution in [0.1, 0.15) is 105 Å². The standard InChI is InChI=1S/C23H43NO4/c1-5-6-7-8-9-10-11-12-13-14-15-16-17-18-19(25)20(24-22(27)28)21(26)23(2,3)4/h19-21,24-26H,5-16H2,1-4H3,(H,27,28)/t19-,20?,21?/m1/s1. The van der Waals surface area contributed by atoms with Crippen molar-refractivity contribution in [2.24, 2.45) is 5.41 Å². The molecule has 1 amide bonds. The fourth-order valence-electron chi connectivity index (χ4n) is 3.16. The smallest absolute Gasteiger partial charge is 0.405 e. The molecule has 0 aliphatic heterocycles. The Morgan fingerprint density at radius 1 is 0.893 bits per heavy atom. The first-order chi connectivity index (χ1) is 13.2. The summed E-state index contributed by atoms with van der Waals surface area (Å²) >= 11 is 0. The molecule has 0 aromatic rings. The predicted octanol–water partition coefficient (Wildman–Crippen LogP) is 5.10. The Labute approximate surface area is 172 Å². The molecule has 0 radical (unpaired) electrons. The maximum atomic E-state index is 11.0. The van der Waals surface area contributed by atoms with E-state index >= 15 is 0 Å². The first-order valence-electron chi connectivity index (χ1n) is 11.0. The van der Waals surface area contributed by atoms with Crippen molar-refractivity contribution in [3.8, 4) is 11.8 Å². The fraction of sp³-hybridized carbons (Fsp3) is 0.870. The van der Waals surface area contributed by atoms with Crippen LogP contribution >= 0.6 is 0 Å². The molecule has 0 rings (SSSR count). The van der Waals surface area contributed by atoms with Crippen LogP contribution in [0.4, 0.5) is 4.79 Å². The number of rotatable bonds is 14. The van der Waals surface area contributed by atoms with Crippen LogP contribution in [-0.4, -0.2) is 39.7 Å². The van der Waals surface area contributed by atoms with Crippen molar-refractivity contribution in [3.05, 3.63) is 0 Å². The first-order valence-corrected chi connectivity index (χ1v) is 11.0. The monoisotopic (exact) mass is 397 g/mol. The topological polar surface area (TPSA) is 89.8 Å². The molecule has 4 N–H and O–H groups in total. The summed E-state index contributed by atoms with van der Waals surface area (Å²) in [5.74, 6) is 5.63. The van der Waals surface area contributed by atoms with Crippen LogP contribution in [0.25, 0.3) is 0 Å². The van der Waals surface area contributed by atoms with E-state index in [9.17, 15) is 15.0 Å². The highest BCUT2D eigenvalue weighted by Gasteiger charge is 2.35. The molecule has 0 aliphatic rings. The Morgan fingerprint density at radius 2 is 1.36 bits per heavy atom. The number of unbranched alkanes of at least 4 members (excludes halogenated alkanes) is 11. The van der Waals surface area contributed by atoms with E-state index in [-0.39, 0.29) is 0 Å². The Bertz CT molecular complexity index is 461. The number of hydrogen-bond acceptors (Lipinski definition) is 3. The lowest BCUT2D eigenvalue weighted by molar-refractivity contribution is -0.00360. The van der Waals surface area contributed by atoms with Gasteiger partial charge in [-0.25, -0.2) is 4.79 Å². The van der Waals surface area contributed by atoms with Gasteiger partial charge < -0.3 is 20.6 Å². The van der Waals surface area contributed by atoms with Gasteiger partial charge in [-0.3, -0.25) is 0 Å². The number of carboxylic acid groups (broad SMARTS) is 1. The van der Waals surface area contributed by atoms with E-state index in [1.807, 2.05) is 0 Å². The molecule has 0 fully saturated rings. The molecule has 2 unspecified atom stereocenters. The van der Waals surface area contributed by atoms with Crippen LogP contribution in [0.5, 0.6) is 0 Å². The molecule has 0 aromatic heterocycles. The first kappa shape index (κ1) is 26.8. The van der Waals surface area contributed by atoms with Gasteiger partial charge in [0.25, 0.3) is 0 Å². The summed E-state index contributed by atoms with van der Waals surface area (Å²) in [6.07, 6.45) is 11.1. The molecule has 164 valence electrons. The van der Waals surface area contributed by atoms with Crippen molar-refractivity contribution in [2.45, 2.75) is 123 Å². The van der Waals surface area contributed by atoms with Gasteiger partial charge in [-0.1, -0.05) is 97.8 Å². The Kier molecular flexibility index (Phi) is 14.9. The maximum Gasteiger partial charge on any atom is 0.405 e. The van der Waals surface area contributed by atoms with Crippen molar-refractivity contribution in [1.29, 1.82) is 0 Å². The van der Waals surface area contributed by atoms with Crippen molar-refractivity contribution in [1.82, 2.24) is 5.32 Å². The fourth-order valence-corrected chi connectivity index (χ4v) is 3.16. The van der Waals surface area contributed by atoms with Gasteiger partial charge in [0.2, 0.25) is 0 Å². The van der Waals surface area contributed by atoms with Gasteiger partial charge in [-0.2, -0.15) is 0 Å². The average Bonchev–Trinajstić information content (AvgIpc) is 2.61. The zero-order valence-electron chi connectivity index (χ0n) is 18.5. The Morgan fingerprint density at radius 3 is 1.79 bits per heavy atom. The number of amides is 1. The van der Waals surface area contributed by atoms with E-state index in [4.69, 9.17) is 5.11 Å². The molecule has 5 heteroatoms. The van der Waals surface area contributed by atoms with Crippen molar-refractivity contribution < 1.29 is 20.1 Å². The summed E-state index contributed by atoms with van der Waals surface area (Å²) in [6, 6.07) is -1.03. The summed E-state index contributed by atoms with van der Waals surface area (Å²) in [4.78, 5) is 11.0. The zero-order valence-corrected chi connectivity index (χ0v) is 18.5. The summed E-state index contributed by atoms with van der Waals surface area (Å²) < 4.78 is 0. The quantitative estimate of drug-likeness (QED) is 0.243. The normalized spacial score (nSPS) is 14.6. The van der Waals surface area contributed by atoms with Crippen LogP contribution in [0.2, 0.25) is 0 Å². The van der Waals surface area contributed by atoms with E-state index in [0.717, 1.165) is 12.8 Å². The summed E-state index contributed by atoms with van der Waals surface area (Å²) in [5, 5.41) is 31.7. The molecular weight excluding hydrogens is 354 g/mol. The molecule has 3 atom stereocenters. The third kappa shape index (κ3) is 13.8. The van der Waals surface area contributed by atoms with Gasteiger partial charge in [0.1, 0.15) is 6.10 Å². The molecule has 0 saturated heterocycles. The highest BCUT2D eigenvalue weighted by atomic mass is 16.4. The highest BCUT2D eigenvalue weighted by molar-refractivity contribution is 5.65. The summed E-state index contributed by atoms with van der Waals surface area (Å²) in [7, 11) is 0. The third-order valence-corrected chi connectivity index (χ3v) is 5.01. The predicted molar refractivity (Wildman–Crippen MR) is 115 cm³/mol. The van der Waals surface area contributed by atoms with Gasteiger partial charge in [0.05, 0.1) is 12.1 Å². The van der Waals surface area contributed by atoms with Crippen LogP contribution in [0.15, 0.2) is 0 Å². The average molecular weight is 398 g/mol. The molecule has 0 heterocycles. The lowest BCUT2D eigenvalue weighted by atomic mass is 9.83. The molecule has 28 heavy (non-hydrogen) atoms. The number of aliphatic hydroxyl groups excluding tert-OH is 2. The van der Waals surface area contributed by atoms with Gasteiger partial charge in [-0.15, -0.1) is 5.92 Å². The number of nitrogens with one attached hydrogen (secondary N) is 1. The van der Waals surface area contributed by atoms with E-state index < -0.39 is 29.8 Å². The lowest BCUT2D eigenvalue weighted by Crippen LogP contribution is -2.54. The minimum absolute atomic E-state index is 0.564. The Hall–Kier alpha value is -1.25. The largest absolute Gasteiger partial charge is 0.465 e. The lowest BCUT2D eigenvalue weighted by Gasteiger charge is -2.33. The molecule has 0 bridgehead atoms. The van der Waals surface area contributed by atoms with Gasteiger partial charge in [-0.05, 0) is 11.8 Å². The number of carbonyl (C=O) groups is 1. The molecule has 0 saturated carbocycles. The Balaban J connectivity index is 4.01. The van der Waals surface area contributed by atoms with Crippen LogP contribution in [-0.2, 0) is 0 Å². The van der Waals surface area contributed by atoms with Crippen LogP contribution in [0, 0.1) is 17.3 Å². The molecule has 0 spiro atoms. The van der Waals surface area contributed by atoms with Gasteiger partial charge in [0, 0.05) is 6.42 Å². The molecule has 0 aliphatic carbocycles. The SMILES string of the molecule is CCCCCCCCCCCCCC#C[C@@H](O)C(NC(=O)O)C(O)C(C)(C)C. The molecule has 0 aromatic carbocycles. The zero-order chi connectivity index (χ0) is 21.4. The maximum absolute atomic E-state index is 11.0. The van der Waals surface area contributed by atoms with Crippen molar-refractivity contribution in [3.63, 3.8) is 0 Å². The second kappa shape index (κ2) is 15.6. The van der Waals surface area contributed by atoms with Gasteiger partial charge >= 0.3 is 6.09 Å². The van der Waals surface area contributed by atoms with E-state index in [2.05, 4.69) is 24.1 Å². The minimum atomic E-state index is -1.28. The van der Waals surface area contributed by atoms with Gasteiger partial charge in [0.15, 0.2) is 0 Å². The third-order valence-electron chi connectivity index (χ3n) is 5.01. The van der Waals surface area contributed by atoms with Crippen LogP contribution < -0.4 is 5.32 Å². The van der Waals surface area contributed by atoms with Crippen LogP contribution in [0.3, 0.4) is 0 Å². The minimum Gasteiger partial charge on any atom is -0.465 e. The molecular formula is C23H43NO4. The van der Waals surface area contributed by atoms with Crippen molar-refractivity contribution in [2.75, 3.05) is 0 Å². The second-order valence-corrected chi connectivity index (χ2v) is 8.84. The molecule has 5 nitrogen and oxygen atoms in total.